The number of rotatable bonds is 10. The summed E-state index contributed by atoms with van der Waals surface area (Å²) < 4.78 is 0. The van der Waals surface area contributed by atoms with Crippen molar-refractivity contribution in [1.82, 2.24) is 19.9 Å². The Labute approximate surface area is 190 Å². The van der Waals surface area contributed by atoms with E-state index in [0.29, 0.717) is 0 Å². The van der Waals surface area contributed by atoms with Crippen molar-refractivity contribution < 1.29 is 0 Å². The molecule has 0 radical (unpaired) electrons. The molecule has 0 aliphatic rings. The Morgan fingerprint density at radius 2 is 1.39 bits per heavy atom. The number of hydrogen-bond donors (Lipinski definition) is 1. The van der Waals surface area contributed by atoms with Gasteiger partial charge in [-0.2, -0.15) is 0 Å². The summed E-state index contributed by atoms with van der Waals surface area (Å²) in [4.78, 5) is 16.3. The fraction of sp³-hybridized carbons (Fsp3) is 0.222. The smallest absolute Gasteiger partial charge is 0.0694 e. The maximum atomic E-state index is 4.24. The lowest BCUT2D eigenvalue weighted by molar-refractivity contribution is 1.10. The normalized spacial score (nSPS) is 10.2. The van der Waals surface area contributed by atoms with E-state index in [9.17, 15) is 0 Å². The fourth-order valence-electron chi connectivity index (χ4n) is 1.85. The monoisotopic (exact) mass is 484 g/mol. The van der Waals surface area contributed by atoms with Gasteiger partial charge in [0.25, 0.3) is 0 Å². The van der Waals surface area contributed by atoms with Gasteiger partial charge in [0.15, 0.2) is 0 Å². The quantitative estimate of drug-likeness (QED) is 0.199. The highest BCUT2D eigenvalue weighted by Gasteiger charge is 1.97. The summed E-state index contributed by atoms with van der Waals surface area (Å²) in [7, 11) is 8.63. The van der Waals surface area contributed by atoms with Crippen molar-refractivity contribution in [2.75, 3.05) is 5.75 Å². The fourth-order valence-corrected chi connectivity index (χ4v) is 6.77. The molecule has 10 heteroatoms. The Bertz CT molecular complexity index is 693. The van der Waals surface area contributed by atoms with Crippen molar-refractivity contribution in [3.05, 3.63) is 84.5 Å². The molecular formula is C18H20N4S6. The Morgan fingerprint density at radius 1 is 0.750 bits per heavy atom. The zero-order chi connectivity index (χ0) is 19.7. The van der Waals surface area contributed by atoms with Gasteiger partial charge in [-0.15, -0.1) is 0 Å². The van der Waals surface area contributed by atoms with E-state index in [1.54, 1.807) is 41.8 Å². The maximum Gasteiger partial charge on any atom is 0.0694 e. The van der Waals surface area contributed by atoms with Gasteiger partial charge in [0.1, 0.15) is 0 Å². The van der Waals surface area contributed by atoms with Crippen LogP contribution in [-0.2, 0) is 17.9 Å². The van der Waals surface area contributed by atoms with Gasteiger partial charge in [-0.1, -0.05) is 74.4 Å². The van der Waals surface area contributed by atoms with Gasteiger partial charge in [0.2, 0.25) is 0 Å². The third-order valence-electron chi connectivity index (χ3n) is 3.11. The lowest BCUT2D eigenvalue weighted by Crippen LogP contribution is -1.86. The number of benzene rings is 1. The van der Waals surface area contributed by atoms with Gasteiger partial charge < -0.3 is 0 Å². The molecule has 0 aliphatic carbocycles. The van der Waals surface area contributed by atoms with Gasteiger partial charge in [-0.3, -0.25) is 19.9 Å². The van der Waals surface area contributed by atoms with Crippen LogP contribution in [-0.4, -0.2) is 25.7 Å². The van der Waals surface area contributed by atoms with Gasteiger partial charge in [-0.05, 0) is 31.6 Å². The van der Waals surface area contributed by atoms with Crippen LogP contribution in [0.4, 0.5) is 0 Å². The van der Waals surface area contributed by atoms with E-state index in [-0.39, 0.29) is 0 Å². The van der Waals surface area contributed by atoms with Crippen LogP contribution in [0.1, 0.15) is 17.0 Å². The van der Waals surface area contributed by atoms with Crippen molar-refractivity contribution in [3.8, 4) is 0 Å². The minimum atomic E-state index is 0.863. The molecular weight excluding hydrogens is 465 g/mol. The Kier molecular flexibility index (Phi) is 13.8. The second-order valence-electron chi connectivity index (χ2n) is 5.12. The summed E-state index contributed by atoms with van der Waals surface area (Å²) in [6.07, 6.45) is 11.5. The molecule has 2 aromatic heterocycles. The third-order valence-corrected chi connectivity index (χ3v) is 9.39. The summed E-state index contributed by atoms with van der Waals surface area (Å²) >= 11 is 3.98. The molecule has 0 fully saturated rings. The predicted octanol–water partition coefficient (Wildman–Crippen LogP) is 6.45. The molecule has 0 aliphatic heterocycles. The number of aromatic nitrogens is 4. The van der Waals surface area contributed by atoms with E-state index in [1.165, 1.54) is 15.4 Å². The molecule has 1 aromatic carbocycles. The molecule has 0 saturated heterocycles. The second-order valence-corrected chi connectivity index (χ2v) is 12.6. The molecule has 0 saturated carbocycles. The minimum absolute atomic E-state index is 0.863. The largest absolute Gasteiger partial charge is 0.261 e. The van der Waals surface area contributed by atoms with Gasteiger partial charge in [0, 0.05) is 54.4 Å². The van der Waals surface area contributed by atoms with Crippen LogP contribution in [0.3, 0.4) is 0 Å². The summed E-state index contributed by atoms with van der Waals surface area (Å²) in [5.74, 6) is 2.92. The molecule has 0 bridgehead atoms. The Balaban J connectivity index is 0.000000237. The highest BCUT2D eigenvalue weighted by Crippen LogP contribution is 2.36. The average molecular weight is 485 g/mol. The van der Waals surface area contributed by atoms with E-state index >= 15 is 0 Å². The number of aryl methyl sites for hydroxylation is 1. The standard InChI is InChI=1S/C13H14N2S3.C5H6N2S3/c1-2-4-12(5-3-1)6-9-16-18-17-11-13-10-14-7-8-15-13;8-10-9-4-5-3-6-1-2-7-5/h1-5,7-8,10H,6,9,11H2;1-3,8H,4H2. The van der Waals surface area contributed by atoms with Crippen LogP contribution in [0.15, 0.2) is 67.5 Å². The van der Waals surface area contributed by atoms with E-state index in [0.717, 1.165) is 35.1 Å². The summed E-state index contributed by atoms with van der Waals surface area (Å²) in [5.41, 5.74) is 3.44. The van der Waals surface area contributed by atoms with Gasteiger partial charge >= 0.3 is 0 Å². The van der Waals surface area contributed by atoms with E-state index in [1.807, 2.05) is 37.6 Å². The van der Waals surface area contributed by atoms with Crippen LogP contribution in [0.5, 0.6) is 0 Å². The summed E-state index contributed by atoms with van der Waals surface area (Å²) in [6, 6.07) is 10.6. The first-order valence-electron chi connectivity index (χ1n) is 8.26. The van der Waals surface area contributed by atoms with Gasteiger partial charge in [0.05, 0.1) is 11.4 Å². The molecule has 0 atom stereocenters. The van der Waals surface area contributed by atoms with Crippen LogP contribution in [0.2, 0.25) is 0 Å². The first kappa shape index (κ1) is 23.8. The second kappa shape index (κ2) is 16.3. The molecule has 4 nitrogen and oxygen atoms in total. The van der Waals surface area contributed by atoms with Gasteiger partial charge in [-0.25, -0.2) is 0 Å². The molecule has 0 spiro atoms. The lowest BCUT2D eigenvalue weighted by atomic mass is 10.2. The maximum absolute atomic E-state index is 4.24. The molecule has 2 heterocycles. The van der Waals surface area contributed by atoms with Crippen molar-refractivity contribution in [2.45, 2.75) is 17.9 Å². The Morgan fingerprint density at radius 3 is 1.96 bits per heavy atom. The van der Waals surface area contributed by atoms with Crippen LogP contribution >= 0.6 is 63.7 Å². The SMILES string of the molecule is SSSCc1cnccn1.c1ccc(CCSSSCc2cnccn2)cc1. The van der Waals surface area contributed by atoms with Crippen molar-refractivity contribution in [2.24, 2.45) is 0 Å². The number of hydrogen-bond acceptors (Lipinski definition) is 10. The van der Waals surface area contributed by atoms with Crippen molar-refractivity contribution in [1.29, 1.82) is 0 Å². The minimum Gasteiger partial charge on any atom is -0.261 e. The highest BCUT2D eigenvalue weighted by atomic mass is 33.5. The highest BCUT2D eigenvalue weighted by molar-refractivity contribution is 9.09. The van der Waals surface area contributed by atoms with Crippen LogP contribution in [0, 0.1) is 0 Å². The first-order valence-corrected chi connectivity index (χ1v) is 15.5. The van der Waals surface area contributed by atoms with Crippen molar-refractivity contribution in [3.63, 3.8) is 0 Å². The lowest BCUT2D eigenvalue weighted by Gasteiger charge is -2.01. The van der Waals surface area contributed by atoms with E-state index in [2.05, 4.69) is 61.9 Å². The first-order chi connectivity index (χ1) is 13.9. The molecule has 0 N–H and O–H groups in total. The molecule has 3 rings (SSSR count). The summed E-state index contributed by atoms with van der Waals surface area (Å²) in [5, 5.41) is 0. The number of nitrogens with zero attached hydrogens (tertiary/aromatic N) is 4. The molecule has 0 unspecified atom stereocenters. The predicted molar refractivity (Wildman–Crippen MR) is 133 cm³/mol. The molecule has 0 amide bonds. The topological polar surface area (TPSA) is 51.6 Å². The summed E-state index contributed by atoms with van der Waals surface area (Å²) in [6.45, 7) is 0. The van der Waals surface area contributed by atoms with Crippen LogP contribution in [0.25, 0.3) is 0 Å². The van der Waals surface area contributed by atoms with E-state index in [4.69, 9.17) is 0 Å². The molecule has 3 aromatic rings. The zero-order valence-electron chi connectivity index (χ0n) is 15.0. The average Bonchev–Trinajstić information content (AvgIpc) is 2.77. The van der Waals surface area contributed by atoms with Crippen LogP contribution < -0.4 is 0 Å². The van der Waals surface area contributed by atoms with Crippen molar-refractivity contribution >= 4 is 63.7 Å². The third kappa shape index (κ3) is 11.5. The molecule has 28 heavy (non-hydrogen) atoms. The zero-order valence-corrected chi connectivity index (χ0v) is 19.9. The van der Waals surface area contributed by atoms with E-state index < -0.39 is 0 Å². The Hall–Kier alpha value is -0.520. The number of thiol groups is 1. The molecule has 148 valence electrons.